The quantitative estimate of drug-likeness (QED) is 0.252. The number of nitrogens with zero attached hydrogens (tertiary/aromatic N) is 7. The SMILES string of the molecule is CC(=O)c1nn(CC(=O)N2[C@H](C(=O)Nc3nc(Br)c(F)cc3C)C[C@@]3(C)C[C@@H]23)c2ncc(-c3cnc(C)nc3)cc12. The molecule has 1 saturated carbocycles. The lowest BCUT2D eigenvalue weighted by Crippen LogP contribution is -2.47. The second-order valence-electron chi connectivity index (χ2n) is 11.0. The molecule has 0 radical (unpaired) electrons. The highest BCUT2D eigenvalue weighted by molar-refractivity contribution is 9.10. The molecule has 1 N–H and O–H groups in total. The van der Waals surface area contributed by atoms with Crippen LogP contribution in [-0.2, 0) is 16.1 Å². The molecule has 6 rings (SSSR count). The lowest BCUT2D eigenvalue weighted by atomic mass is 10.0. The summed E-state index contributed by atoms with van der Waals surface area (Å²) in [6.07, 6.45) is 6.28. The maximum atomic E-state index is 13.9. The Morgan fingerprint density at radius 2 is 1.80 bits per heavy atom. The van der Waals surface area contributed by atoms with Crippen molar-refractivity contribution in [3.63, 3.8) is 0 Å². The van der Waals surface area contributed by atoms with E-state index in [2.05, 4.69) is 53.2 Å². The van der Waals surface area contributed by atoms with Crippen LogP contribution >= 0.6 is 15.9 Å². The maximum absolute atomic E-state index is 13.9. The van der Waals surface area contributed by atoms with Gasteiger partial charge in [-0.05, 0) is 65.7 Å². The molecular formula is C28H26BrFN8O3. The van der Waals surface area contributed by atoms with Gasteiger partial charge in [0, 0.05) is 42.7 Å². The van der Waals surface area contributed by atoms with Crippen molar-refractivity contribution in [2.45, 2.75) is 59.2 Å². The highest BCUT2D eigenvalue weighted by Crippen LogP contribution is 2.59. The Balaban J connectivity index is 1.28. The number of pyridine rings is 2. The summed E-state index contributed by atoms with van der Waals surface area (Å²) < 4.78 is 15.3. The van der Waals surface area contributed by atoms with E-state index in [9.17, 15) is 18.8 Å². The number of aryl methyl sites for hydroxylation is 2. The third-order valence-electron chi connectivity index (χ3n) is 7.91. The van der Waals surface area contributed by atoms with Crippen LogP contribution in [0.2, 0.25) is 0 Å². The van der Waals surface area contributed by atoms with Crippen molar-refractivity contribution >= 4 is 50.4 Å². The van der Waals surface area contributed by atoms with Gasteiger partial charge < -0.3 is 10.2 Å². The molecule has 0 spiro atoms. The van der Waals surface area contributed by atoms with Crippen molar-refractivity contribution in [3.8, 4) is 11.1 Å². The summed E-state index contributed by atoms with van der Waals surface area (Å²) in [6.45, 7) is 6.71. The zero-order chi connectivity index (χ0) is 29.2. The average molecular weight is 621 g/mol. The van der Waals surface area contributed by atoms with E-state index >= 15 is 0 Å². The van der Waals surface area contributed by atoms with Gasteiger partial charge in [-0.15, -0.1) is 0 Å². The number of amides is 2. The number of anilines is 1. The average Bonchev–Trinajstić information content (AvgIpc) is 3.29. The molecule has 0 unspecified atom stereocenters. The molecule has 2 fully saturated rings. The number of hydrogen-bond donors (Lipinski definition) is 1. The number of nitrogens with one attached hydrogen (secondary N) is 1. The minimum absolute atomic E-state index is 0.00930. The van der Waals surface area contributed by atoms with E-state index in [1.165, 1.54) is 17.7 Å². The fraction of sp³-hybridized carbons (Fsp3) is 0.357. The molecule has 4 aromatic rings. The molecule has 41 heavy (non-hydrogen) atoms. The Morgan fingerprint density at radius 1 is 1.10 bits per heavy atom. The molecule has 2 aliphatic rings. The number of Topliss-reactive ketones (excluding diaryl/α,β-unsaturated/α-hetero) is 1. The Hall–Kier alpha value is -4.13. The number of aromatic nitrogens is 6. The summed E-state index contributed by atoms with van der Waals surface area (Å²) in [5.74, 6) is -0.629. The Labute approximate surface area is 242 Å². The van der Waals surface area contributed by atoms with Crippen molar-refractivity contribution < 1.29 is 18.8 Å². The topological polar surface area (TPSA) is 136 Å². The first-order valence-corrected chi connectivity index (χ1v) is 13.9. The van der Waals surface area contributed by atoms with Crippen LogP contribution in [0.15, 0.2) is 35.3 Å². The van der Waals surface area contributed by atoms with Gasteiger partial charge in [-0.1, -0.05) is 6.92 Å². The first-order chi connectivity index (χ1) is 19.4. The van der Waals surface area contributed by atoms with Gasteiger partial charge in [-0.2, -0.15) is 5.10 Å². The van der Waals surface area contributed by atoms with Crippen molar-refractivity contribution in [3.05, 3.63) is 58.2 Å². The number of ketones is 1. The first-order valence-electron chi connectivity index (χ1n) is 13.1. The number of hydrogen-bond acceptors (Lipinski definition) is 8. The molecule has 5 heterocycles. The highest BCUT2D eigenvalue weighted by Gasteiger charge is 2.64. The lowest BCUT2D eigenvalue weighted by molar-refractivity contribution is -0.138. The van der Waals surface area contributed by atoms with Gasteiger partial charge in [0.1, 0.15) is 34.5 Å². The third kappa shape index (κ3) is 4.77. The predicted molar refractivity (Wildman–Crippen MR) is 150 cm³/mol. The van der Waals surface area contributed by atoms with Crippen LogP contribution in [0.5, 0.6) is 0 Å². The second-order valence-corrected chi connectivity index (χ2v) is 11.7. The summed E-state index contributed by atoms with van der Waals surface area (Å²) in [7, 11) is 0. The summed E-state index contributed by atoms with van der Waals surface area (Å²) in [5.41, 5.74) is 2.34. The molecule has 11 nitrogen and oxygen atoms in total. The van der Waals surface area contributed by atoms with Gasteiger partial charge in [-0.25, -0.2) is 29.0 Å². The van der Waals surface area contributed by atoms with Crippen LogP contribution in [0, 0.1) is 25.1 Å². The monoisotopic (exact) mass is 620 g/mol. The highest BCUT2D eigenvalue weighted by atomic mass is 79.9. The number of fused-ring (bicyclic) bond motifs is 2. The van der Waals surface area contributed by atoms with E-state index in [0.717, 1.165) is 12.0 Å². The summed E-state index contributed by atoms with van der Waals surface area (Å²) in [5, 5.41) is 7.73. The van der Waals surface area contributed by atoms with Crippen LogP contribution in [-0.4, -0.2) is 64.3 Å². The Bertz CT molecular complexity index is 1760. The number of rotatable bonds is 6. The van der Waals surface area contributed by atoms with E-state index in [1.807, 2.05) is 0 Å². The third-order valence-corrected chi connectivity index (χ3v) is 8.47. The van der Waals surface area contributed by atoms with Crippen LogP contribution in [0.4, 0.5) is 10.2 Å². The number of likely N-dealkylation sites (tertiary alicyclic amines) is 1. The van der Waals surface area contributed by atoms with Crippen molar-refractivity contribution in [2.75, 3.05) is 5.32 Å². The van der Waals surface area contributed by atoms with Crippen LogP contribution < -0.4 is 5.32 Å². The molecule has 0 bridgehead atoms. The smallest absolute Gasteiger partial charge is 0.248 e. The molecule has 3 atom stereocenters. The van der Waals surface area contributed by atoms with E-state index in [-0.39, 0.29) is 45.8 Å². The van der Waals surface area contributed by atoms with E-state index < -0.39 is 17.8 Å². The number of carbonyl (C=O) groups excluding carboxylic acids is 3. The molecule has 1 saturated heterocycles. The van der Waals surface area contributed by atoms with Gasteiger partial charge in [0.15, 0.2) is 17.2 Å². The van der Waals surface area contributed by atoms with Gasteiger partial charge in [0.2, 0.25) is 11.8 Å². The fourth-order valence-corrected chi connectivity index (χ4v) is 5.88. The molecule has 2 amide bonds. The normalized spacial score (nSPS) is 21.2. The van der Waals surface area contributed by atoms with Gasteiger partial charge in [0.25, 0.3) is 0 Å². The lowest BCUT2D eigenvalue weighted by Gasteiger charge is -2.27. The standard InChI is InChI=1S/C28H26BrFN8O3/c1-13-5-19(30)24(29)34-25(13)35-27(41)20-7-28(4)8-21(28)38(20)22(40)12-37-26-18(23(36-37)14(2)39)6-16(9-33-26)17-10-31-15(3)32-11-17/h5-6,9-11,20-21H,7-8,12H2,1-4H3,(H,34,35,41)/t20-,21+,28-/m0/s1. The van der Waals surface area contributed by atoms with Crippen LogP contribution in [0.1, 0.15) is 48.6 Å². The minimum atomic E-state index is -0.730. The predicted octanol–water partition coefficient (Wildman–Crippen LogP) is 4.02. The van der Waals surface area contributed by atoms with Gasteiger partial charge in [-0.3, -0.25) is 14.4 Å². The van der Waals surface area contributed by atoms with E-state index in [1.54, 1.807) is 43.4 Å². The molecule has 13 heteroatoms. The van der Waals surface area contributed by atoms with Crippen LogP contribution in [0.25, 0.3) is 22.2 Å². The molecule has 0 aromatic carbocycles. The Kier molecular flexibility index (Phi) is 6.44. The van der Waals surface area contributed by atoms with Crippen LogP contribution in [0.3, 0.4) is 0 Å². The van der Waals surface area contributed by atoms with E-state index in [4.69, 9.17) is 0 Å². The minimum Gasteiger partial charge on any atom is -0.325 e. The van der Waals surface area contributed by atoms with Gasteiger partial charge >= 0.3 is 0 Å². The zero-order valence-corrected chi connectivity index (χ0v) is 24.4. The molecule has 1 aliphatic heterocycles. The number of carbonyl (C=O) groups is 3. The van der Waals surface area contributed by atoms with Gasteiger partial charge in [0.05, 0.1) is 5.39 Å². The molecule has 4 aromatic heterocycles. The van der Waals surface area contributed by atoms with Crippen molar-refractivity contribution in [1.29, 1.82) is 0 Å². The van der Waals surface area contributed by atoms with Crippen molar-refractivity contribution in [2.24, 2.45) is 5.41 Å². The maximum Gasteiger partial charge on any atom is 0.248 e. The molecule has 210 valence electrons. The summed E-state index contributed by atoms with van der Waals surface area (Å²) in [6, 6.07) is 2.26. The fourth-order valence-electron chi connectivity index (χ4n) is 5.58. The largest absolute Gasteiger partial charge is 0.325 e. The number of piperidine rings is 1. The van der Waals surface area contributed by atoms with E-state index in [0.29, 0.717) is 34.4 Å². The zero-order valence-electron chi connectivity index (χ0n) is 22.8. The van der Waals surface area contributed by atoms with Crippen molar-refractivity contribution in [1.82, 2.24) is 34.6 Å². The first kappa shape index (κ1) is 27.1. The number of halogens is 2. The second kappa shape index (κ2) is 9.75. The molecular weight excluding hydrogens is 595 g/mol. The summed E-state index contributed by atoms with van der Waals surface area (Å²) in [4.78, 5) is 58.3. The Morgan fingerprint density at radius 3 is 2.51 bits per heavy atom. The summed E-state index contributed by atoms with van der Waals surface area (Å²) >= 11 is 3.06. The molecule has 1 aliphatic carbocycles.